The van der Waals surface area contributed by atoms with Crippen molar-refractivity contribution < 1.29 is 9.66 Å². The molecule has 0 saturated heterocycles. The summed E-state index contributed by atoms with van der Waals surface area (Å²) < 4.78 is 6.60. The first kappa shape index (κ1) is 14.6. The van der Waals surface area contributed by atoms with Crippen molar-refractivity contribution in [2.24, 2.45) is 0 Å². The summed E-state index contributed by atoms with van der Waals surface area (Å²) in [6.07, 6.45) is 1.42. The molecule has 0 aliphatic heterocycles. The van der Waals surface area contributed by atoms with Gasteiger partial charge in [-0.05, 0) is 47.2 Å². The number of non-ortho nitro benzene ring substituents is 1. The smallest absolute Gasteiger partial charge is 0.273 e. The molecule has 0 bridgehead atoms. The normalized spacial score (nSPS) is 10.6. The molecule has 0 unspecified atom stereocenters. The summed E-state index contributed by atoms with van der Waals surface area (Å²) in [5.74, 6) is 0.791. The van der Waals surface area contributed by atoms with Gasteiger partial charge in [-0.2, -0.15) is 0 Å². The number of aromatic nitrogens is 2. The van der Waals surface area contributed by atoms with Crippen molar-refractivity contribution >= 4 is 39.2 Å². The maximum absolute atomic E-state index is 10.9. The molecule has 0 radical (unpaired) electrons. The summed E-state index contributed by atoms with van der Waals surface area (Å²) in [4.78, 5) is 18.8. The molecule has 0 fully saturated rings. The molecule has 22 heavy (non-hydrogen) atoms. The van der Waals surface area contributed by atoms with E-state index in [9.17, 15) is 10.1 Å². The van der Waals surface area contributed by atoms with Gasteiger partial charge in [-0.1, -0.05) is 12.1 Å². The number of ether oxygens (including phenoxy) is 1. The molecule has 3 rings (SSSR count). The van der Waals surface area contributed by atoms with Crippen LogP contribution in [0.4, 0.5) is 5.69 Å². The first-order valence-electron chi connectivity index (χ1n) is 6.38. The second-order valence-electron chi connectivity index (χ2n) is 4.62. The van der Waals surface area contributed by atoms with Crippen LogP contribution in [0.3, 0.4) is 0 Å². The summed E-state index contributed by atoms with van der Waals surface area (Å²) in [5, 5.41) is 11.7. The number of hydrogen-bond donors (Lipinski definition) is 0. The van der Waals surface area contributed by atoms with E-state index in [0.717, 1.165) is 20.0 Å². The van der Waals surface area contributed by atoms with Crippen LogP contribution < -0.4 is 4.74 Å². The summed E-state index contributed by atoms with van der Waals surface area (Å²) >= 11 is 2.07. The number of rotatable bonds is 3. The molecule has 2 aromatic carbocycles. The average molecular weight is 407 g/mol. The van der Waals surface area contributed by atoms with Crippen molar-refractivity contribution in [2.45, 2.75) is 6.92 Å². The minimum absolute atomic E-state index is 0.0227. The summed E-state index contributed by atoms with van der Waals surface area (Å²) in [5.41, 5.74) is 1.73. The van der Waals surface area contributed by atoms with Crippen LogP contribution in [0.15, 0.2) is 42.7 Å². The van der Waals surface area contributed by atoms with Gasteiger partial charge in [0.15, 0.2) is 0 Å². The largest absolute Gasteiger partial charge is 0.437 e. The van der Waals surface area contributed by atoms with Crippen LogP contribution in [-0.2, 0) is 0 Å². The molecule has 0 amide bonds. The Morgan fingerprint density at radius 3 is 2.82 bits per heavy atom. The number of aryl methyl sites for hydroxylation is 1. The molecule has 0 atom stereocenters. The fourth-order valence-corrected chi connectivity index (χ4v) is 2.56. The zero-order valence-electron chi connectivity index (χ0n) is 11.5. The molecule has 0 aliphatic carbocycles. The minimum atomic E-state index is -0.452. The summed E-state index contributed by atoms with van der Waals surface area (Å²) in [6, 6.07) is 10.2. The van der Waals surface area contributed by atoms with Gasteiger partial charge in [0.2, 0.25) is 5.88 Å². The molecule has 3 aromatic rings. The fourth-order valence-electron chi connectivity index (χ4n) is 2.11. The second-order valence-corrected chi connectivity index (χ2v) is 5.78. The van der Waals surface area contributed by atoms with Crippen LogP contribution in [0.25, 0.3) is 10.9 Å². The van der Waals surface area contributed by atoms with Gasteiger partial charge in [-0.15, -0.1) is 0 Å². The highest BCUT2D eigenvalue weighted by molar-refractivity contribution is 14.1. The van der Waals surface area contributed by atoms with E-state index < -0.39 is 4.92 Å². The first-order chi connectivity index (χ1) is 10.6. The van der Waals surface area contributed by atoms with E-state index in [1.165, 1.54) is 18.5 Å². The Bertz CT molecular complexity index is 878. The Labute approximate surface area is 139 Å². The predicted octanol–water partition coefficient (Wildman–Crippen LogP) is 4.24. The van der Waals surface area contributed by atoms with Gasteiger partial charge in [0.05, 0.1) is 25.5 Å². The number of nitrogens with zero attached hydrogens (tertiary/aromatic N) is 3. The summed E-state index contributed by atoms with van der Waals surface area (Å²) in [7, 11) is 0. The van der Waals surface area contributed by atoms with Crippen LogP contribution in [-0.4, -0.2) is 14.9 Å². The van der Waals surface area contributed by atoms with Crippen LogP contribution >= 0.6 is 22.6 Å². The van der Waals surface area contributed by atoms with Gasteiger partial charge >= 0.3 is 0 Å². The highest BCUT2D eigenvalue weighted by Crippen LogP contribution is 2.33. The van der Waals surface area contributed by atoms with E-state index in [4.69, 9.17) is 4.74 Å². The van der Waals surface area contributed by atoms with E-state index in [1.807, 2.05) is 25.1 Å². The van der Waals surface area contributed by atoms with Crippen molar-refractivity contribution in [3.05, 3.63) is 62.0 Å². The molecular weight excluding hydrogens is 397 g/mol. The van der Waals surface area contributed by atoms with E-state index in [0.29, 0.717) is 11.6 Å². The third kappa shape index (κ3) is 2.71. The maximum atomic E-state index is 10.9. The molecule has 0 N–H and O–H groups in total. The zero-order valence-corrected chi connectivity index (χ0v) is 13.6. The number of nitro groups is 1. The number of benzene rings is 2. The summed E-state index contributed by atoms with van der Waals surface area (Å²) in [6.45, 7) is 1.94. The van der Waals surface area contributed by atoms with Gasteiger partial charge in [0, 0.05) is 6.07 Å². The number of hydrogen-bond acceptors (Lipinski definition) is 5. The molecule has 0 saturated carbocycles. The zero-order chi connectivity index (χ0) is 15.7. The van der Waals surface area contributed by atoms with Crippen LogP contribution in [0.1, 0.15) is 5.56 Å². The Morgan fingerprint density at radius 2 is 2.05 bits per heavy atom. The lowest BCUT2D eigenvalue weighted by molar-refractivity contribution is -0.384. The Hall–Kier alpha value is -2.29. The van der Waals surface area contributed by atoms with Gasteiger partial charge in [0.1, 0.15) is 12.1 Å². The first-order valence-corrected chi connectivity index (χ1v) is 7.46. The van der Waals surface area contributed by atoms with Crippen LogP contribution in [0.5, 0.6) is 11.6 Å². The Balaban J connectivity index is 2.11. The molecule has 1 heterocycles. The topological polar surface area (TPSA) is 78.2 Å². The Kier molecular flexibility index (Phi) is 3.88. The number of halogens is 1. The lowest BCUT2D eigenvalue weighted by atomic mass is 10.1. The van der Waals surface area contributed by atoms with Crippen molar-refractivity contribution in [2.75, 3.05) is 0 Å². The van der Waals surface area contributed by atoms with Gasteiger partial charge in [-0.3, -0.25) is 10.1 Å². The lowest BCUT2D eigenvalue weighted by Crippen LogP contribution is -1.96. The van der Waals surface area contributed by atoms with Crippen LogP contribution in [0.2, 0.25) is 0 Å². The third-order valence-corrected chi connectivity index (χ3v) is 4.06. The van der Waals surface area contributed by atoms with E-state index in [2.05, 4.69) is 32.6 Å². The highest BCUT2D eigenvalue weighted by Gasteiger charge is 2.14. The van der Waals surface area contributed by atoms with Crippen molar-refractivity contribution in [1.82, 2.24) is 9.97 Å². The maximum Gasteiger partial charge on any atom is 0.273 e. The molecule has 0 spiro atoms. The predicted molar refractivity (Wildman–Crippen MR) is 90.2 cm³/mol. The molecule has 7 heteroatoms. The molecule has 1 aromatic heterocycles. The lowest BCUT2D eigenvalue weighted by Gasteiger charge is -2.10. The van der Waals surface area contributed by atoms with Crippen molar-refractivity contribution in [3.8, 4) is 11.6 Å². The molecule has 0 aliphatic rings. The van der Waals surface area contributed by atoms with E-state index in [1.54, 1.807) is 6.07 Å². The molecule has 110 valence electrons. The highest BCUT2D eigenvalue weighted by atomic mass is 127. The van der Waals surface area contributed by atoms with E-state index >= 15 is 0 Å². The van der Waals surface area contributed by atoms with Crippen molar-refractivity contribution in [1.29, 1.82) is 0 Å². The molecule has 6 nitrogen and oxygen atoms in total. The van der Waals surface area contributed by atoms with E-state index in [-0.39, 0.29) is 5.69 Å². The van der Waals surface area contributed by atoms with Crippen LogP contribution in [0, 0.1) is 20.6 Å². The fraction of sp³-hybridized carbons (Fsp3) is 0.0667. The number of nitro benzene ring substituents is 1. The second kappa shape index (κ2) is 5.84. The molecular formula is C15H10IN3O3. The van der Waals surface area contributed by atoms with Gasteiger partial charge < -0.3 is 4.74 Å². The standard InChI is InChI=1S/C15H10IN3O3/c1-9-3-2-4-12-14(9)15(18-8-17-12)22-13-7-10(19(20)21)5-6-11(13)16/h2-8H,1H3. The number of fused-ring (bicyclic) bond motifs is 1. The van der Waals surface area contributed by atoms with Crippen molar-refractivity contribution in [3.63, 3.8) is 0 Å². The quantitative estimate of drug-likeness (QED) is 0.369. The van der Waals surface area contributed by atoms with Gasteiger partial charge in [0.25, 0.3) is 5.69 Å². The van der Waals surface area contributed by atoms with Gasteiger partial charge in [-0.25, -0.2) is 9.97 Å². The average Bonchev–Trinajstić information content (AvgIpc) is 2.49. The Morgan fingerprint density at radius 1 is 1.23 bits per heavy atom. The SMILES string of the molecule is Cc1cccc2ncnc(Oc3cc([N+](=O)[O-])ccc3I)c12. The minimum Gasteiger partial charge on any atom is -0.437 e. The third-order valence-electron chi connectivity index (χ3n) is 3.17. The monoisotopic (exact) mass is 407 g/mol.